The molecule has 32 heavy (non-hydrogen) atoms. The van der Waals surface area contributed by atoms with Crippen LogP contribution in [0.5, 0.6) is 17.4 Å². The zero-order valence-corrected chi connectivity index (χ0v) is 17.6. The van der Waals surface area contributed by atoms with Crippen LogP contribution in [0.25, 0.3) is 0 Å². The molecule has 1 aromatic heterocycles. The first kappa shape index (κ1) is 22.6. The molecule has 0 unspecified atom stereocenters. The summed E-state index contributed by atoms with van der Waals surface area (Å²) in [6.07, 6.45) is 1.52. The average Bonchev–Trinajstić information content (AvgIpc) is 2.79. The number of nitrogens with zero attached hydrogens (tertiary/aromatic N) is 2. The molecular formula is C21H18N4O6S. The number of carbonyl (C=O) groups excluding carboxylic acids is 2. The molecule has 11 heteroatoms. The number of pyridine rings is 1. The fourth-order valence-corrected chi connectivity index (χ4v) is 3.39. The zero-order chi connectivity index (χ0) is 23.1. The van der Waals surface area contributed by atoms with Crippen LogP contribution in [-0.2, 0) is 4.79 Å². The maximum absolute atomic E-state index is 12.5. The van der Waals surface area contributed by atoms with Crippen molar-refractivity contribution < 1.29 is 24.0 Å². The van der Waals surface area contributed by atoms with Gasteiger partial charge in [0.1, 0.15) is 17.2 Å². The van der Waals surface area contributed by atoms with Crippen LogP contribution in [0.1, 0.15) is 10.4 Å². The summed E-state index contributed by atoms with van der Waals surface area (Å²) in [5.74, 6) is 0.0432. The molecule has 0 atom stereocenters. The Bertz CT molecular complexity index is 1150. The summed E-state index contributed by atoms with van der Waals surface area (Å²) >= 11 is 0.956. The third kappa shape index (κ3) is 5.73. The average molecular weight is 454 g/mol. The highest BCUT2D eigenvalue weighted by Gasteiger charge is 2.18. The fraction of sp³-hybridized carbons (Fsp3) is 0.0952. The summed E-state index contributed by atoms with van der Waals surface area (Å²) < 4.78 is 10.8. The Kier molecular flexibility index (Phi) is 7.24. The lowest BCUT2D eigenvalue weighted by Crippen LogP contribution is -2.15. The normalized spacial score (nSPS) is 10.3. The quantitative estimate of drug-likeness (QED) is 0.283. The first-order valence-electron chi connectivity index (χ1n) is 9.15. The van der Waals surface area contributed by atoms with E-state index in [1.165, 1.54) is 18.3 Å². The molecule has 0 aliphatic heterocycles. The molecule has 0 saturated heterocycles. The van der Waals surface area contributed by atoms with E-state index in [1.807, 2.05) is 0 Å². The van der Waals surface area contributed by atoms with E-state index in [1.54, 1.807) is 43.5 Å². The molecule has 2 amide bonds. The van der Waals surface area contributed by atoms with Gasteiger partial charge in [0, 0.05) is 17.8 Å². The third-order valence-corrected chi connectivity index (χ3v) is 5.18. The van der Waals surface area contributed by atoms with Crippen LogP contribution < -0.4 is 20.5 Å². The molecule has 10 nitrogen and oxygen atoms in total. The molecule has 2 aromatic carbocycles. The largest absolute Gasteiger partial charge is 0.497 e. The SMILES string of the molecule is COc1ccc(Oc2ncccc2NC(=O)CSc2ccc(C(N)=O)cc2[N+](=O)[O-])cc1. The van der Waals surface area contributed by atoms with Crippen molar-refractivity contribution in [3.8, 4) is 17.4 Å². The van der Waals surface area contributed by atoms with Crippen molar-refractivity contribution in [2.24, 2.45) is 5.73 Å². The third-order valence-electron chi connectivity index (χ3n) is 4.12. The van der Waals surface area contributed by atoms with Gasteiger partial charge >= 0.3 is 0 Å². The summed E-state index contributed by atoms with van der Waals surface area (Å²) in [6.45, 7) is 0. The van der Waals surface area contributed by atoms with E-state index in [-0.39, 0.29) is 27.8 Å². The van der Waals surface area contributed by atoms with E-state index >= 15 is 0 Å². The number of nitro benzene ring substituents is 1. The number of methoxy groups -OCH3 is 1. The van der Waals surface area contributed by atoms with E-state index in [4.69, 9.17) is 15.2 Å². The van der Waals surface area contributed by atoms with Crippen LogP contribution in [0.3, 0.4) is 0 Å². The molecule has 3 rings (SSSR count). The molecule has 0 saturated carbocycles. The Labute approximate surface area is 186 Å². The smallest absolute Gasteiger partial charge is 0.283 e. The topological polar surface area (TPSA) is 147 Å². The summed E-state index contributed by atoms with van der Waals surface area (Å²) in [6, 6.07) is 14.0. The van der Waals surface area contributed by atoms with Crippen LogP contribution >= 0.6 is 11.8 Å². The minimum atomic E-state index is -0.775. The van der Waals surface area contributed by atoms with Gasteiger partial charge in [-0.15, -0.1) is 11.8 Å². The van der Waals surface area contributed by atoms with Crippen LogP contribution in [0.15, 0.2) is 65.7 Å². The Hall–Kier alpha value is -4.12. The van der Waals surface area contributed by atoms with Crippen LogP contribution in [-0.4, -0.2) is 34.6 Å². The lowest BCUT2D eigenvalue weighted by Gasteiger charge is -2.11. The highest BCUT2D eigenvalue weighted by atomic mass is 32.2. The Morgan fingerprint density at radius 1 is 1.16 bits per heavy atom. The second kappa shape index (κ2) is 10.3. The summed E-state index contributed by atoms with van der Waals surface area (Å²) in [4.78, 5) is 38.8. The van der Waals surface area contributed by atoms with E-state index < -0.39 is 16.7 Å². The maximum atomic E-state index is 12.5. The predicted molar refractivity (Wildman–Crippen MR) is 118 cm³/mol. The number of anilines is 1. The Balaban J connectivity index is 1.68. The number of hydrogen-bond donors (Lipinski definition) is 2. The van der Waals surface area contributed by atoms with Crippen molar-refractivity contribution in [3.63, 3.8) is 0 Å². The molecule has 0 bridgehead atoms. The number of nitro groups is 1. The first-order valence-corrected chi connectivity index (χ1v) is 10.1. The number of amides is 2. The number of nitrogens with one attached hydrogen (secondary N) is 1. The van der Waals surface area contributed by atoms with Crippen molar-refractivity contribution in [2.45, 2.75) is 4.90 Å². The number of ether oxygens (including phenoxy) is 2. The van der Waals surface area contributed by atoms with E-state index in [0.29, 0.717) is 17.2 Å². The first-order chi connectivity index (χ1) is 15.4. The molecule has 0 aliphatic rings. The summed E-state index contributed by atoms with van der Waals surface area (Å²) in [5.41, 5.74) is 5.22. The molecule has 3 aromatic rings. The Morgan fingerprint density at radius 3 is 2.53 bits per heavy atom. The minimum Gasteiger partial charge on any atom is -0.497 e. The fourth-order valence-electron chi connectivity index (χ4n) is 2.59. The van der Waals surface area contributed by atoms with Gasteiger partial charge in [-0.2, -0.15) is 0 Å². The standard InChI is InChI=1S/C21H18N4O6S/c1-30-14-5-7-15(8-6-14)31-21-16(3-2-10-23-21)24-19(26)12-32-18-9-4-13(20(22)27)11-17(18)25(28)29/h2-11H,12H2,1H3,(H2,22,27)(H,24,26). The summed E-state index contributed by atoms with van der Waals surface area (Å²) in [5, 5.41) is 14.0. The molecule has 3 N–H and O–H groups in total. The number of aromatic nitrogens is 1. The number of primary amides is 1. The van der Waals surface area contributed by atoms with Crippen molar-refractivity contribution in [1.82, 2.24) is 4.98 Å². The number of nitrogens with two attached hydrogens (primary N) is 1. The van der Waals surface area contributed by atoms with Gasteiger partial charge in [-0.3, -0.25) is 19.7 Å². The van der Waals surface area contributed by atoms with E-state index in [2.05, 4.69) is 10.3 Å². The predicted octanol–water partition coefficient (Wildman–Crippen LogP) is 3.62. The second-order valence-corrected chi connectivity index (χ2v) is 7.29. The number of benzene rings is 2. The monoisotopic (exact) mass is 454 g/mol. The summed E-state index contributed by atoms with van der Waals surface area (Å²) in [7, 11) is 1.56. The number of thioether (sulfide) groups is 1. The molecule has 1 heterocycles. The van der Waals surface area contributed by atoms with Crippen molar-refractivity contribution in [3.05, 3.63) is 76.5 Å². The van der Waals surface area contributed by atoms with Gasteiger partial charge in [-0.25, -0.2) is 4.98 Å². The highest BCUT2D eigenvalue weighted by molar-refractivity contribution is 8.00. The number of rotatable bonds is 9. The van der Waals surface area contributed by atoms with Gasteiger partial charge in [-0.05, 0) is 48.5 Å². The maximum Gasteiger partial charge on any atom is 0.283 e. The van der Waals surface area contributed by atoms with Gasteiger partial charge in [-0.1, -0.05) is 0 Å². The van der Waals surface area contributed by atoms with E-state index in [0.717, 1.165) is 17.8 Å². The lowest BCUT2D eigenvalue weighted by atomic mass is 10.2. The zero-order valence-electron chi connectivity index (χ0n) is 16.8. The lowest BCUT2D eigenvalue weighted by molar-refractivity contribution is -0.387. The number of hydrogen-bond acceptors (Lipinski definition) is 8. The molecule has 0 aliphatic carbocycles. The van der Waals surface area contributed by atoms with Crippen LogP contribution in [0.2, 0.25) is 0 Å². The van der Waals surface area contributed by atoms with Crippen molar-refractivity contribution >= 4 is 35.0 Å². The highest BCUT2D eigenvalue weighted by Crippen LogP contribution is 2.31. The second-order valence-electron chi connectivity index (χ2n) is 6.27. The molecular weight excluding hydrogens is 436 g/mol. The van der Waals surface area contributed by atoms with Gasteiger partial charge in [0.25, 0.3) is 5.69 Å². The van der Waals surface area contributed by atoms with Gasteiger partial charge in [0.2, 0.25) is 17.7 Å². The van der Waals surface area contributed by atoms with Gasteiger partial charge < -0.3 is 20.5 Å². The number of carbonyl (C=O) groups is 2. The molecule has 164 valence electrons. The van der Waals surface area contributed by atoms with Crippen LogP contribution in [0, 0.1) is 10.1 Å². The molecule has 0 fully saturated rings. The molecule has 0 radical (unpaired) electrons. The van der Waals surface area contributed by atoms with Crippen LogP contribution in [0.4, 0.5) is 11.4 Å². The van der Waals surface area contributed by atoms with Crippen molar-refractivity contribution in [2.75, 3.05) is 18.2 Å². The van der Waals surface area contributed by atoms with Gasteiger partial charge in [0.05, 0.1) is 22.7 Å². The van der Waals surface area contributed by atoms with Gasteiger partial charge in [0.15, 0.2) is 0 Å². The molecule has 0 spiro atoms. The van der Waals surface area contributed by atoms with E-state index in [9.17, 15) is 19.7 Å². The minimum absolute atomic E-state index is 0.0150. The van der Waals surface area contributed by atoms with Crippen molar-refractivity contribution in [1.29, 1.82) is 0 Å². The Morgan fingerprint density at radius 2 is 1.88 bits per heavy atom.